The van der Waals surface area contributed by atoms with E-state index in [1.165, 1.54) is 0 Å². The fourth-order valence-electron chi connectivity index (χ4n) is 3.35. The van der Waals surface area contributed by atoms with E-state index in [0.29, 0.717) is 12.1 Å². The molecule has 3 aromatic heterocycles. The van der Waals surface area contributed by atoms with Crippen LogP contribution in [-0.2, 0) is 4.79 Å². The van der Waals surface area contributed by atoms with E-state index in [1.807, 2.05) is 49.4 Å². The van der Waals surface area contributed by atoms with Crippen LogP contribution in [0.2, 0.25) is 0 Å². The lowest BCUT2D eigenvalue weighted by Gasteiger charge is -2.06. The quantitative estimate of drug-likeness (QED) is 0.426. The Morgan fingerprint density at radius 1 is 1.03 bits per heavy atom. The predicted octanol–water partition coefficient (Wildman–Crippen LogP) is 4.52. The number of nitrogens with one attached hydrogen (secondary N) is 3. The lowest BCUT2D eigenvalue weighted by Crippen LogP contribution is -2.09. The molecule has 7 nitrogen and oxygen atoms in total. The van der Waals surface area contributed by atoms with Gasteiger partial charge in [0, 0.05) is 23.6 Å². The predicted molar refractivity (Wildman–Crippen MR) is 113 cm³/mol. The maximum Gasteiger partial charge on any atom is 0.224 e. The lowest BCUT2D eigenvalue weighted by molar-refractivity contribution is -0.115. The van der Waals surface area contributed by atoms with Gasteiger partial charge in [-0.15, -0.1) is 0 Å². The number of aromatic amines is 2. The average Bonchev–Trinajstić information content (AvgIpc) is 3.37. The number of hydrogen-bond acceptors (Lipinski definition) is 4. The molecule has 2 aromatic carbocycles. The molecule has 0 unspecified atom stereocenters. The van der Waals surface area contributed by atoms with Crippen molar-refractivity contribution in [3.05, 3.63) is 60.9 Å². The smallest absolute Gasteiger partial charge is 0.224 e. The number of benzene rings is 2. The lowest BCUT2D eigenvalue weighted by atomic mass is 10.0. The van der Waals surface area contributed by atoms with Gasteiger partial charge >= 0.3 is 0 Å². The minimum atomic E-state index is -0.0404. The van der Waals surface area contributed by atoms with Crippen LogP contribution in [0.4, 0.5) is 5.69 Å². The van der Waals surface area contributed by atoms with Crippen molar-refractivity contribution in [3.63, 3.8) is 0 Å². The Bertz CT molecular complexity index is 1320. The molecular weight excluding hydrogens is 364 g/mol. The molecule has 5 rings (SSSR count). The highest BCUT2D eigenvalue weighted by molar-refractivity contribution is 5.96. The molecule has 0 radical (unpaired) electrons. The third kappa shape index (κ3) is 3.12. The topological polar surface area (TPSA) is 99.3 Å². The number of hydrogen-bond donors (Lipinski definition) is 3. The molecule has 0 saturated heterocycles. The van der Waals surface area contributed by atoms with Crippen molar-refractivity contribution in [1.29, 1.82) is 0 Å². The Kier molecular flexibility index (Phi) is 4.05. The maximum absolute atomic E-state index is 11.7. The molecule has 29 heavy (non-hydrogen) atoms. The van der Waals surface area contributed by atoms with E-state index < -0.39 is 0 Å². The summed E-state index contributed by atoms with van der Waals surface area (Å²) in [6.45, 7) is 1.82. The molecule has 1 amide bonds. The zero-order chi connectivity index (χ0) is 19.8. The highest BCUT2D eigenvalue weighted by Crippen LogP contribution is 2.30. The molecule has 0 spiro atoms. The molecule has 0 aliphatic heterocycles. The molecule has 5 aromatic rings. The minimum Gasteiger partial charge on any atom is -0.337 e. The van der Waals surface area contributed by atoms with E-state index >= 15 is 0 Å². The van der Waals surface area contributed by atoms with Crippen molar-refractivity contribution in [1.82, 2.24) is 25.1 Å². The normalized spacial score (nSPS) is 11.2. The summed E-state index contributed by atoms with van der Waals surface area (Å²) in [5, 5.41) is 11.4. The van der Waals surface area contributed by atoms with Crippen LogP contribution in [-0.4, -0.2) is 31.1 Å². The summed E-state index contributed by atoms with van der Waals surface area (Å²) in [5.74, 6) is 0.679. The Morgan fingerprint density at radius 2 is 1.93 bits per heavy atom. The van der Waals surface area contributed by atoms with Gasteiger partial charge in [0.25, 0.3) is 0 Å². The number of aromatic nitrogens is 5. The number of pyridine rings is 1. The second kappa shape index (κ2) is 6.87. The van der Waals surface area contributed by atoms with Crippen molar-refractivity contribution < 1.29 is 4.79 Å². The summed E-state index contributed by atoms with van der Waals surface area (Å²) in [7, 11) is 0. The van der Waals surface area contributed by atoms with Gasteiger partial charge in [-0.3, -0.25) is 14.9 Å². The van der Waals surface area contributed by atoms with Crippen LogP contribution in [0.1, 0.15) is 13.3 Å². The molecule has 3 N–H and O–H groups in total. The minimum absolute atomic E-state index is 0.0404. The Morgan fingerprint density at radius 3 is 2.79 bits per heavy atom. The van der Waals surface area contributed by atoms with Crippen LogP contribution in [0, 0.1) is 0 Å². The third-order valence-electron chi connectivity index (χ3n) is 4.85. The SMILES string of the molecule is CCC(=O)Nc1cncc(-c2ccc3[nH]nc(-c4nc5ccccc5[nH]4)c3c2)c1. The molecule has 0 aliphatic rings. The van der Waals surface area contributed by atoms with E-state index in [0.717, 1.165) is 44.6 Å². The third-order valence-corrected chi connectivity index (χ3v) is 4.85. The van der Waals surface area contributed by atoms with Crippen molar-refractivity contribution >= 4 is 33.5 Å². The average molecular weight is 382 g/mol. The molecule has 3 heterocycles. The van der Waals surface area contributed by atoms with Gasteiger partial charge in [0.15, 0.2) is 5.82 Å². The highest BCUT2D eigenvalue weighted by atomic mass is 16.1. The Hall–Kier alpha value is -4.00. The number of carbonyl (C=O) groups is 1. The molecule has 7 heteroatoms. The largest absolute Gasteiger partial charge is 0.337 e. The Labute approximate surface area is 166 Å². The van der Waals surface area contributed by atoms with Gasteiger partial charge in [-0.25, -0.2) is 4.98 Å². The second-order valence-corrected chi connectivity index (χ2v) is 6.80. The monoisotopic (exact) mass is 382 g/mol. The van der Waals surface area contributed by atoms with E-state index in [9.17, 15) is 4.79 Å². The summed E-state index contributed by atoms with van der Waals surface area (Å²) < 4.78 is 0. The number of anilines is 1. The first-order valence-corrected chi connectivity index (χ1v) is 9.40. The summed E-state index contributed by atoms with van der Waals surface area (Å²) in [6, 6.07) is 15.9. The Balaban J connectivity index is 1.58. The van der Waals surface area contributed by atoms with Crippen molar-refractivity contribution in [3.8, 4) is 22.6 Å². The number of para-hydroxylation sites is 2. The summed E-state index contributed by atoms with van der Waals surface area (Å²) in [4.78, 5) is 24.0. The van der Waals surface area contributed by atoms with Crippen molar-refractivity contribution in [2.45, 2.75) is 13.3 Å². The maximum atomic E-state index is 11.7. The van der Waals surface area contributed by atoms with Gasteiger partial charge in [-0.05, 0) is 35.9 Å². The fraction of sp³-hybridized carbons (Fsp3) is 0.0909. The van der Waals surface area contributed by atoms with Crippen LogP contribution in [0.5, 0.6) is 0 Å². The summed E-state index contributed by atoms with van der Waals surface area (Å²) >= 11 is 0. The van der Waals surface area contributed by atoms with Crippen molar-refractivity contribution in [2.75, 3.05) is 5.32 Å². The van der Waals surface area contributed by atoms with E-state index in [1.54, 1.807) is 12.4 Å². The zero-order valence-electron chi connectivity index (χ0n) is 15.7. The first-order valence-electron chi connectivity index (χ1n) is 9.40. The molecule has 0 fully saturated rings. The number of carbonyl (C=O) groups excluding carboxylic acids is 1. The molecule has 0 bridgehead atoms. The van der Waals surface area contributed by atoms with E-state index in [2.05, 4.69) is 36.5 Å². The molecule has 0 atom stereocenters. The second-order valence-electron chi connectivity index (χ2n) is 6.80. The van der Waals surface area contributed by atoms with Gasteiger partial charge in [0.05, 0.1) is 28.4 Å². The number of fused-ring (bicyclic) bond motifs is 2. The molecule has 142 valence electrons. The van der Waals surface area contributed by atoms with Crippen LogP contribution in [0.15, 0.2) is 60.9 Å². The molecule has 0 aliphatic carbocycles. The van der Waals surface area contributed by atoms with Gasteiger partial charge in [0.1, 0.15) is 5.69 Å². The van der Waals surface area contributed by atoms with Gasteiger partial charge in [-0.2, -0.15) is 5.10 Å². The standard InChI is InChI=1S/C22H18N6O/c1-2-20(29)24-15-9-14(11-23-12-15)13-7-8-17-16(10-13)21(28-27-17)22-25-18-5-3-4-6-19(18)26-22/h3-12H,2H2,1H3,(H,24,29)(H,25,26)(H,27,28). The van der Waals surface area contributed by atoms with Crippen molar-refractivity contribution in [2.24, 2.45) is 0 Å². The molecule has 0 saturated carbocycles. The van der Waals surface area contributed by atoms with E-state index in [-0.39, 0.29) is 5.91 Å². The first-order chi connectivity index (χ1) is 14.2. The van der Waals surface area contributed by atoms with Crippen LogP contribution >= 0.6 is 0 Å². The molecular formula is C22H18N6O. The number of imidazole rings is 1. The van der Waals surface area contributed by atoms with E-state index in [4.69, 9.17) is 0 Å². The summed E-state index contributed by atoms with van der Waals surface area (Å²) in [5.41, 5.74) is 6.14. The highest BCUT2D eigenvalue weighted by Gasteiger charge is 2.14. The fourth-order valence-corrected chi connectivity index (χ4v) is 3.35. The zero-order valence-corrected chi connectivity index (χ0v) is 15.7. The number of amides is 1. The van der Waals surface area contributed by atoms with Gasteiger partial charge in [-0.1, -0.05) is 25.1 Å². The van der Waals surface area contributed by atoms with Gasteiger partial charge < -0.3 is 10.3 Å². The number of rotatable bonds is 4. The van der Waals surface area contributed by atoms with Crippen LogP contribution < -0.4 is 5.32 Å². The number of H-pyrrole nitrogens is 2. The summed E-state index contributed by atoms with van der Waals surface area (Å²) in [6.07, 6.45) is 3.85. The van der Waals surface area contributed by atoms with Crippen LogP contribution in [0.25, 0.3) is 44.6 Å². The first kappa shape index (κ1) is 17.1. The number of nitrogens with zero attached hydrogens (tertiary/aromatic N) is 3. The van der Waals surface area contributed by atoms with Crippen LogP contribution in [0.3, 0.4) is 0 Å². The van der Waals surface area contributed by atoms with Gasteiger partial charge in [0.2, 0.25) is 5.91 Å².